The Hall–Kier alpha value is -2.47. The summed E-state index contributed by atoms with van der Waals surface area (Å²) in [5.41, 5.74) is 2.36. The number of hydrogen-bond donors (Lipinski definition) is 1. The summed E-state index contributed by atoms with van der Waals surface area (Å²) in [6, 6.07) is 13.7. The van der Waals surface area contributed by atoms with E-state index in [1.807, 2.05) is 31.2 Å². The maximum absolute atomic E-state index is 13.0. The molecule has 0 spiro atoms. The average Bonchev–Trinajstić information content (AvgIpc) is 2.59. The van der Waals surface area contributed by atoms with E-state index in [1.54, 1.807) is 12.1 Å². The van der Waals surface area contributed by atoms with Gasteiger partial charge in [0.15, 0.2) is 0 Å². The number of ether oxygens (including phenoxy) is 1. The summed E-state index contributed by atoms with van der Waals surface area (Å²) in [4.78, 5) is 8.55. The number of anilines is 2. The summed E-state index contributed by atoms with van der Waals surface area (Å²) < 4.78 is 19.6. The van der Waals surface area contributed by atoms with Crippen LogP contribution in [0.1, 0.15) is 6.92 Å². The highest BCUT2D eigenvalue weighted by Gasteiger charge is 2.10. The molecular formula is C18H15BrFN3O. The van der Waals surface area contributed by atoms with Crippen molar-refractivity contribution in [2.75, 3.05) is 11.9 Å². The van der Waals surface area contributed by atoms with E-state index in [-0.39, 0.29) is 5.82 Å². The molecule has 1 N–H and O–H groups in total. The van der Waals surface area contributed by atoms with Crippen molar-refractivity contribution in [3.8, 4) is 17.0 Å². The molecule has 3 aromatic rings. The van der Waals surface area contributed by atoms with Crippen LogP contribution in [0.2, 0.25) is 0 Å². The number of aromatic nitrogens is 2. The molecule has 0 atom stereocenters. The maximum atomic E-state index is 13.0. The first-order valence-electron chi connectivity index (χ1n) is 7.43. The lowest BCUT2D eigenvalue weighted by atomic mass is 10.1. The minimum atomic E-state index is -0.278. The van der Waals surface area contributed by atoms with Crippen LogP contribution in [0, 0.1) is 5.82 Å². The Balaban J connectivity index is 1.93. The molecule has 3 rings (SSSR count). The fraction of sp³-hybridized carbons (Fsp3) is 0.111. The van der Waals surface area contributed by atoms with E-state index in [0.717, 1.165) is 27.2 Å². The molecule has 0 bridgehead atoms. The lowest BCUT2D eigenvalue weighted by Crippen LogP contribution is -1.98. The zero-order chi connectivity index (χ0) is 16.9. The summed E-state index contributed by atoms with van der Waals surface area (Å²) in [7, 11) is 0. The van der Waals surface area contributed by atoms with E-state index >= 15 is 0 Å². The number of nitrogens with zero attached hydrogens (tertiary/aromatic N) is 2. The highest BCUT2D eigenvalue weighted by atomic mass is 79.9. The van der Waals surface area contributed by atoms with Crippen LogP contribution in [-0.2, 0) is 0 Å². The topological polar surface area (TPSA) is 47.0 Å². The van der Waals surface area contributed by atoms with Crippen molar-refractivity contribution in [2.45, 2.75) is 6.92 Å². The second-order valence-corrected chi connectivity index (χ2v) is 5.91. The van der Waals surface area contributed by atoms with Gasteiger partial charge in [-0.05, 0) is 49.4 Å². The van der Waals surface area contributed by atoms with Gasteiger partial charge < -0.3 is 10.1 Å². The van der Waals surface area contributed by atoms with Crippen LogP contribution >= 0.6 is 15.9 Å². The standard InChI is InChI=1S/C18H15BrFN3O/c1-2-24-17-8-3-12(19)9-15(17)16-10-18(22-11-21-16)23-14-6-4-13(20)5-7-14/h3-11H,2H2,1H3,(H,21,22,23). The van der Waals surface area contributed by atoms with Gasteiger partial charge in [0.2, 0.25) is 0 Å². The lowest BCUT2D eigenvalue weighted by Gasteiger charge is -2.11. The predicted molar refractivity (Wildman–Crippen MR) is 96.0 cm³/mol. The molecule has 1 heterocycles. The van der Waals surface area contributed by atoms with Crippen LogP contribution in [0.4, 0.5) is 15.9 Å². The number of nitrogens with one attached hydrogen (secondary N) is 1. The first-order chi connectivity index (χ1) is 11.7. The van der Waals surface area contributed by atoms with E-state index in [1.165, 1.54) is 18.5 Å². The number of hydrogen-bond acceptors (Lipinski definition) is 4. The van der Waals surface area contributed by atoms with Gasteiger partial charge in [0, 0.05) is 21.8 Å². The SMILES string of the molecule is CCOc1ccc(Br)cc1-c1cc(Nc2ccc(F)cc2)ncn1. The highest BCUT2D eigenvalue weighted by Crippen LogP contribution is 2.32. The summed E-state index contributed by atoms with van der Waals surface area (Å²) in [5, 5.41) is 3.14. The third kappa shape index (κ3) is 3.89. The van der Waals surface area contributed by atoms with Gasteiger partial charge in [0.25, 0.3) is 0 Å². The lowest BCUT2D eigenvalue weighted by molar-refractivity contribution is 0.341. The molecule has 0 aliphatic rings. The smallest absolute Gasteiger partial charge is 0.134 e. The molecule has 0 unspecified atom stereocenters. The molecule has 0 saturated carbocycles. The summed E-state index contributed by atoms with van der Waals surface area (Å²) in [6.07, 6.45) is 1.48. The first-order valence-corrected chi connectivity index (χ1v) is 8.22. The van der Waals surface area contributed by atoms with Crippen LogP contribution in [0.15, 0.2) is 59.3 Å². The van der Waals surface area contributed by atoms with Crippen molar-refractivity contribution in [3.05, 3.63) is 65.1 Å². The monoisotopic (exact) mass is 387 g/mol. The Labute approximate surface area is 147 Å². The van der Waals surface area contributed by atoms with Crippen molar-refractivity contribution in [2.24, 2.45) is 0 Å². The van der Waals surface area contributed by atoms with Gasteiger partial charge in [-0.3, -0.25) is 0 Å². The third-order valence-corrected chi connectivity index (χ3v) is 3.79. The normalized spacial score (nSPS) is 10.5. The molecule has 24 heavy (non-hydrogen) atoms. The van der Waals surface area contributed by atoms with Crippen LogP contribution < -0.4 is 10.1 Å². The molecule has 0 aliphatic heterocycles. The Morgan fingerprint density at radius 3 is 2.62 bits per heavy atom. The number of benzene rings is 2. The Bertz CT molecular complexity index is 840. The first kappa shape index (κ1) is 16.4. The van der Waals surface area contributed by atoms with Crippen molar-refractivity contribution in [1.29, 1.82) is 0 Å². The van der Waals surface area contributed by atoms with Crippen LogP contribution in [-0.4, -0.2) is 16.6 Å². The van der Waals surface area contributed by atoms with Crippen molar-refractivity contribution in [1.82, 2.24) is 9.97 Å². The zero-order valence-electron chi connectivity index (χ0n) is 13.0. The Kier molecular flexibility index (Phi) is 5.05. The van der Waals surface area contributed by atoms with Crippen molar-refractivity contribution < 1.29 is 9.13 Å². The minimum Gasteiger partial charge on any atom is -0.493 e. The molecule has 2 aromatic carbocycles. The second-order valence-electron chi connectivity index (χ2n) is 4.99. The maximum Gasteiger partial charge on any atom is 0.134 e. The number of rotatable bonds is 5. The zero-order valence-corrected chi connectivity index (χ0v) is 14.5. The summed E-state index contributed by atoms with van der Waals surface area (Å²) in [5.74, 6) is 1.10. The van der Waals surface area contributed by atoms with E-state index in [0.29, 0.717) is 12.4 Å². The largest absolute Gasteiger partial charge is 0.493 e. The van der Waals surface area contributed by atoms with Gasteiger partial charge in [0.05, 0.1) is 12.3 Å². The molecule has 0 amide bonds. The van der Waals surface area contributed by atoms with E-state index in [9.17, 15) is 4.39 Å². The quantitative estimate of drug-likeness (QED) is 0.654. The third-order valence-electron chi connectivity index (χ3n) is 3.30. The number of halogens is 2. The fourth-order valence-electron chi connectivity index (χ4n) is 2.24. The van der Waals surface area contributed by atoms with E-state index in [4.69, 9.17) is 4.74 Å². The van der Waals surface area contributed by atoms with Crippen LogP contribution in [0.3, 0.4) is 0 Å². The molecule has 0 radical (unpaired) electrons. The van der Waals surface area contributed by atoms with Gasteiger partial charge in [0.1, 0.15) is 23.7 Å². The Morgan fingerprint density at radius 2 is 1.88 bits per heavy atom. The molecule has 4 nitrogen and oxygen atoms in total. The van der Waals surface area contributed by atoms with Gasteiger partial charge in [-0.15, -0.1) is 0 Å². The Morgan fingerprint density at radius 1 is 1.08 bits per heavy atom. The molecular weight excluding hydrogens is 373 g/mol. The average molecular weight is 388 g/mol. The molecule has 0 aliphatic carbocycles. The molecule has 1 aromatic heterocycles. The highest BCUT2D eigenvalue weighted by molar-refractivity contribution is 9.10. The van der Waals surface area contributed by atoms with Gasteiger partial charge in [-0.25, -0.2) is 14.4 Å². The van der Waals surface area contributed by atoms with Gasteiger partial charge in [-0.2, -0.15) is 0 Å². The molecule has 122 valence electrons. The molecule has 0 fully saturated rings. The van der Waals surface area contributed by atoms with Crippen molar-refractivity contribution in [3.63, 3.8) is 0 Å². The van der Waals surface area contributed by atoms with Crippen LogP contribution in [0.25, 0.3) is 11.3 Å². The van der Waals surface area contributed by atoms with Gasteiger partial charge in [-0.1, -0.05) is 15.9 Å². The second kappa shape index (κ2) is 7.40. The van der Waals surface area contributed by atoms with E-state index < -0.39 is 0 Å². The van der Waals surface area contributed by atoms with Crippen LogP contribution in [0.5, 0.6) is 5.75 Å². The molecule has 6 heteroatoms. The molecule has 0 saturated heterocycles. The minimum absolute atomic E-state index is 0.278. The fourth-order valence-corrected chi connectivity index (χ4v) is 2.60. The van der Waals surface area contributed by atoms with E-state index in [2.05, 4.69) is 31.2 Å². The predicted octanol–water partition coefficient (Wildman–Crippen LogP) is 5.19. The summed E-state index contributed by atoms with van der Waals surface area (Å²) in [6.45, 7) is 2.51. The summed E-state index contributed by atoms with van der Waals surface area (Å²) >= 11 is 3.47. The van der Waals surface area contributed by atoms with Crippen molar-refractivity contribution >= 4 is 27.4 Å². The van der Waals surface area contributed by atoms with Gasteiger partial charge >= 0.3 is 0 Å².